The first-order valence-electron chi connectivity index (χ1n) is 11.2. The van der Waals surface area contributed by atoms with Gasteiger partial charge >= 0.3 is 0 Å². The predicted molar refractivity (Wildman–Crippen MR) is 133 cm³/mol. The van der Waals surface area contributed by atoms with Crippen LogP contribution in [0.25, 0.3) is 0 Å². The Morgan fingerprint density at radius 1 is 1.06 bits per heavy atom. The Bertz CT molecular complexity index is 870. The quantitative estimate of drug-likeness (QED) is 0.490. The molecular weight excluding hydrogens is 420 g/mol. The van der Waals surface area contributed by atoms with Gasteiger partial charge in [0.15, 0.2) is 0 Å². The van der Waals surface area contributed by atoms with Crippen molar-refractivity contribution in [3.05, 3.63) is 65.2 Å². The van der Waals surface area contributed by atoms with Crippen molar-refractivity contribution in [1.82, 2.24) is 10.2 Å². The molecule has 2 aromatic rings. The number of benzene rings is 2. The van der Waals surface area contributed by atoms with E-state index in [2.05, 4.69) is 5.32 Å². The van der Waals surface area contributed by atoms with Crippen molar-refractivity contribution < 1.29 is 14.3 Å². The monoisotopic (exact) mass is 456 g/mol. The first-order valence-corrected chi connectivity index (χ1v) is 12.4. The average molecular weight is 457 g/mol. The molecule has 0 aliphatic heterocycles. The van der Waals surface area contributed by atoms with E-state index in [1.54, 1.807) is 23.8 Å². The van der Waals surface area contributed by atoms with Crippen molar-refractivity contribution in [2.24, 2.45) is 0 Å². The molecule has 2 amide bonds. The fourth-order valence-corrected chi connectivity index (χ4v) is 4.26. The molecular formula is C26H36N2O3S. The lowest BCUT2D eigenvalue weighted by Gasteiger charge is -2.32. The van der Waals surface area contributed by atoms with Crippen molar-refractivity contribution in [1.29, 1.82) is 0 Å². The maximum Gasteiger partial charge on any atom is 0.243 e. The van der Waals surface area contributed by atoms with Gasteiger partial charge in [-0.2, -0.15) is 0 Å². The lowest BCUT2D eigenvalue weighted by atomic mass is 10.1. The minimum atomic E-state index is -0.488. The summed E-state index contributed by atoms with van der Waals surface area (Å²) in [6, 6.07) is 15.5. The lowest BCUT2D eigenvalue weighted by Crippen LogP contribution is -2.51. The van der Waals surface area contributed by atoms with Crippen LogP contribution in [-0.2, 0) is 21.9 Å². The summed E-state index contributed by atoms with van der Waals surface area (Å²) in [5, 5.41) is 3.06. The van der Waals surface area contributed by atoms with Gasteiger partial charge in [-0.25, -0.2) is 0 Å². The molecule has 1 N–H and O–H groups in total. The molecule has 0 bridgehead atoms. The molecule has 6 heteroatoms. The highest BCUT2D eigenvalue weighted by Crippen LogP contribution is 2.20. The number of ether oxygens (including phenoxy) is 1. The summed E-state index contributed by atoms with van der Waals surface area (Å²) in [6.07, 6.45) is 1.43. The van der Waals surface area contributed by atoms with Crippen LogP contribution >= 0.6 is 11.8 Å². The van der Waals surface area contributed by atoms with Crippen LogP contribution in [0.3, 0.4) is 0 Å². The van der Waals surface area contributed by atoms with E-state index in [1.807, 2.05) is 76.2 Å². The summed E-state index contributed by atoms with van der Waals surface area (Å²) >= 11 is 1.57. The summed E-state index contributed by atoms with van der Waals surface area (Å²) < 4.78 is 5.20. The predicted octanol–water partition coefficient (Wildman–Crippen LogP) is 4.96. The summed E-state index contributed by atoms with van der Waals surface area (Å²) in [5.41, 5.74) is 3.32. The highest BCUT2D eigenvalue weighted by molar-refractivity contribution is 7.99. The third-order valence-electron chi connectivity index (χ3n) is 5.64. The highest BCUT2D eigenvalue weighted by atomic mass is 32.2. The Morgan fingerprint density at radius 3 is 2.34 bits per heavy atom. The zero-order chi connectivity index (χ0) is 23.5. The molecule has 0 aliphatic carbocycles. The Labute approximate surface area is 196 Å². The van der Waals surface area contributed by atoms with Gasteiger partial charge in [-0.15, -0.1) is 11.8 Å². The highest BCUT2D eigenvalue weighted by Gasteiger charge is 2.29. The van der Waals surface area contributed by atoms with E-state index in [4.69, 9.17) is 4.74 Å². The number of nitrogens with zero attached hydrogens (tertiary/aromatic N) is 1. The molecule has 2 aromatic carbocycles. The van der Waals surface area contributed by atoms with Gasteiger partial charge in [-0.3, -0.25) is 9.59 Å². The number of amides is 2. The summed E-state index contributed by atoms with van der Waals surface area (Å²) in [6.45, 7) is 8.46. The zero-order valence-electron chi connectivity index (χ0n) is 19.9. The van der Waals surface area contributed by atoms with Crippen molar-refractivity contribution in [2.75, 3.05) is 12.9 Å². The van der Waals surface area contributed by atoms with Gasteiger partial charge in [-0.05, 0) is 55.5 Å². The van der Waals surface area contributed by atoms with Gasteiger partial charge in [0, 0.05) is 18.3 Å². The van der Waals surface area contributed by atoms with Crippen LogP contribution < -0.4 is 10.1 Å². The first kappa shape index (κ1) is 25.8. The molecule has 2 rings (SSSR count). The van der Waals surface area contributed by atoms with E-state index in [9.17, 15) is 9.59 Å². The minimum Gasteiger partial charge on any atom is -0.497 e. The smallest absolute Gasteiger partial charge is 0.243 e. The molecule has 0 aliphatic rings. The van der Waals surface area contributed by atoms with Gasteiger partial charge in [0.05, 0.1) is 12.9 Å². The second kappa shape index (κ2) is 13.2. The lowest BCUT2D eigenvalue weighted by molar-refractivity contribution is -0.139. The molecule has 0 fully saturated rings. The van der Waals surface area contributed by atoms with Crippen LogP contribution in [0.4, 0.5) is 0 Å². The Hall–Kier alpha value is -2.47. The average Bonchev–Trinajstić information content (AvgIpc) is 2.80. The minimum absolute atomic E-state index is 0.0158. The third-order valence-corrected chi connectivity index (χ3v) is 6.63. The third kappa shape index (κ3) is 7.59. The van der Waals surface area contributed by atoms with E-state index in [1.165, 1.54) is 0 Å². The molecule has 5 nitrogen and oxygen atoms in total. The van der Waals surface area contributed by atoms with Crippen LogP contribution in [-0.4, -0.2) is 41.7 Å². The molecule has 0 heterocycles. The number of aryl methyl sites for hydroxylation is 1. The van der Waals surface area contributed by atoms with Crippen molar-refractivity contribution >= 4 is 23.6 Å². The maximum atomic E-state index is 13.3. The van der Waals surface area contributed by atoms with Crippen LogP contribution in [0.2, 0.25) is 0 Å². The number of rotatable bonds is 12. The molecule has 0 unspecified atom stereocenters. The van der Waals surface area contributed by atoms with Crippen molar-refractivity contribution in [2.45, 2.75) is 64.9 Å². The topological polar surface area (TPSA) is 58.6 Å². The first-order chi connectivity index (χ1) is 15.4. The Kier molecular flexibility index (Phi) is 10.6. The summed E-state index contributed by atoms with van der Waals surface area (Å²) in [7, 11) is 1.65. The second-order valence-corrected chi connectivity index (χ2v) is 9.02. The number of thioether (sulfide) groups is 1. The molecule has 174 valence electrons. The van der Waals surface area contributed by atoms with E-state index in [-0.39, 0.29) is 17.9 Å². The molecule has 32 heavy (non-hydrogen) atoms. The van der Waals surface area contributed by atoms with Gasteiger partial charge in [0.25, 0.3) is 0 Å². The number of nitrogens with one attached hydrogen (secondary N) is 1. The fourth-order valence-electron chi connectivity index (χ4n) is 3.39. The molecule has 0 saturated heterocycles. The van der Waals surface area contributed by atoms with Crippen molar-refractivity contribution in [3.63, 3.8) is 0 Å². The van der Waals surface area contributed by atoms with Crippen LogP contribution in [0.1, 0.15) is 50.3 Å². The van der Waals surface area contributed by atoms with Gasteiger partial charge in [0.1, 0.15) is 11.8 Å². The number of carbonyl (C=O) groups is 2. The number of hydrogen-bond acceptors (Lipinski definition) is 4. The number of hydrogen-bond donors (Lipinski definition) is 1. The number of methoxy groups -OCH3 is 1. The second-order valence-electron chi connectivity index (χ2n) is 8.03. The molecule has 0 radical (unpaired) electrons. The van der Waals surface area contributed by atoms with Gasteiger partial charge < -0.3 is 15.0 Å². The maximum absolute atomic E-state index is 13.3. The van der Waals surface area contributed by atoms with E-state index in [0.29, 0.717) is 18.7 Å². The number of carbonyl (C=O) groups excluding carboxylic acids is 2. The Morgan fingerprint density at radius 2 is 1.75 bits per heavy atom. The standard InChI is InChI=1S/C26H36N2O3S/c1-6-20(4)27-26(30)24(7-2)28(16-22-11-9-8-10-19(22)3)25(29)18-32-17-21-12-14-23(31-5)15-13-21/h8-15,20,24H,6-7,16-18H2,1-5H3,(H,27,30)/t20-,24+/m0/s1. The fraction of sp³-hybridized carbons (Fsp3) is 0.462. The molecule has 0 saturated carbocycles. The molecule has 2 atom stereocenters. The van der Waals surface area contributed by atoms with Gasteiger partial charge in [-0.1, -0.05) is 50.2 Å². The van der Waals surface area contributed by atoms with Crippen LogP contribution in [0, 0.1) is 6.92 Å². The van der Waals surface area contributed by atoms with Crippen LogP contribution in [0.5, 0.6) is 5.75 Å². The van der Waals surface area contributed by atoms with E-state index >= 15 is 0 Å². The summed E-state index contributed by atoms with van der Waals surface area (Å²) in [5.74, 6) is 1.77. The largest absolute Gasteiger partial charge is 0.497 e. The zero-order valence-corrected chi connectivity index (χ0v) is 20.7. The van der Waals surface area contributed by atoms with Crippen molar-refractivity contribution in [3.8, 4) is 5.75 Å². The Balaban J connectivity index is 2.13. The molecule has 0 aromatic heterocycles. The van der Waals surface area contributed by atoms with E-state index in [0.717, 1.165) is 34.6 Å². The van der Waals surface area contributed by atoms with E-state index < -0.39 is 6.04 Å². The SMILES string of the molecule is CC[C@H](C(=O)N[C@@H](C)CC)N(Cc1ccccc1C)C(=O)CSCc1ccc(OC)cc1. The molecule has 0 spiro atoms. The summed E-state index contributed by atoms with van der Waals surface area (Å²) in [4.78, 5) is 28.1. The van der Waals surface area contributed by atoms with Gasteiger partial charge in [0.2, 0.25) is 11.8 Å². The van der Waals surface area contributed by atoms with Crippen LogP contribution in [0.15, 0.2) is 48.5 Å². The normalized spacial score (nSPS) is 12.7.